The maximum atomic E-state index is 8.60. The van der Waals surface area contributed by atoms with Crippen LogP contribution in [-0.4, -0.2) is 64.1 Å². The van der Waals surface area contributed by atoms with E-state index in [9.17, 15) is 0 Å². The molecule has 126 valence electrons. The van der Waals surface area contributed by atoms with Gasteiger partial charge in [-0.1, -0.05) is 19.1 Å². The van der Waals surface area contributed by atoms with Gasteiger partial charge in [0, 0.05) is 19.6 Å². The van der Waals surface area contributed by atoms with E-state index in [1.54, 1.807) is 0 Å². The Morgan fingerprint density at radius 1 is 0.667 bits per heavy atom. The molecule has 0 aliphatic carbocycles. The largest absolute Gasteiger partial charge is 0.395 e. The lowest BCUT2D eigenvalue weighted by Gasteiger charge is -2.04. The number of hydrogen-bond donors (Lipinski definition) is 5. The van der Waals surface area contributed by atoms with Crippen LogP contribution in [0.2, 0.25) is 0 Å². The predicted molar refractivity (Wildman–Crippen MR) is 91.8 cm³/mol. The van der Waals surface area contributed by atoms with Crippen LogP contribution in [0.3, 0.4) is 0 Å². The Hall–Kier alpha value is -0.460. The Labute approximate surface area is 131 Å². The van der Waals surface area contributed by atoms with Crippen molar-refractivity contribution in [2.75, 3.05) is 59.0 Å². The highest BCUT2D eigenvalue weighted by molar-refractivity contribution is 4.85. The van der Waals surface area contributed by atoms with Crippen LogP contribution in [0.5, 0.6) is 0 Å². The molecule has 0 bridgehead atoms. The van der Waals surface area contributed by atoms with Gasteiger partial charge in [-0.15, -0.1) is 0 Å². The Bertz CT molecular complexity index is 212. The fraction of sp³-hybridized carbons (Fsp3) is 0.875. The summed E-state index contributed by atoms with van der Waals surface area (Å²) < 4.78 is 0. The second-order valence-electron chi connectivity index (χ2n) is 5.12. The quantitative estimate of drug-likeness (QED) is 0.200. The number of rotatable bonds is 17. The van der Waals surface area contributed by atoms with E-state index in [4.69, 9.17) is 5.11 Å². The van der Waals surface area contributed by atoms with Gasteiger partial charge in [0.2, 0.25) is 0 Å². The van der Waals surface area contributed by atoms with E-state index >= 15 is 0 Å². The first-order chi connectivity index (χ1) is 10.4. The highest BCUT2D eigenvalue weighted by Gasteiger charge is 1.89. The minimum Gasteiger partial charge on any atom is -0.395 e. The molecule has 0 amide bonds. The molecule has 0 atom stereocenters. The van der Waals surface area contributed by atoms with E-state index in [2.05, 4.69) is 40.3 Å². The van der Waals surface area contributed by atoms with Crippen molar-refractivity contribution in [3.8, 4) is 0 Å². The van der Waals surface area contributed by atoms with Crippen molar-refractivity contribution >= 4 is 0 Å². The molecule has 0 radical (unpaired) electrons. The lowest BCUT2D eigenvalue weighted by Crippen LogP contribution is -2.21. The molecular weight excluding hydrogens is 264 g/mol. The molecule has 5 heteroatoms. The summed E-state index contributed by atoms with van der Waals surface area (Å²) in [6, 6.07) is 0. The normalized spacial score (nSPS) is 11.5. The summed E-state index contributed by atoms with van der Waals surface area (Å²) in [4.78, 5) is 0. The summed E-state index contributed by atoms with van der Waals surface area (Å²) in [5, 5.41) is 21.9. The van der Waals surface area contributed by atoms with Crippen molar-refractivity contribution in [3.63, 3.8) is 0 Å². The smallest absolute Gasteiger partial charge is 0.0555 e. The average molecular weight is 300 g/mol. The highest BCUT2D eigenvalue weighted by atomic mass is 16.3. The minimum absolute atomic E-state index is 0.229. The van der Waals surface area contributed by atoms with Gasteiger partial charge in [0.25, 0.3) is 0 Å². The van der Waals surface area contributed by atoms with E-state index in [0.29, 0.717) is 6.54 Å². The van der Waals surface area contributed by atoms with E-state index < -0.39 is 0 Å². The molecule has 0 saturated heterocycles. The van der Waals surface area contributed by atoms with E-state index in [1.165, 1.54) is 19.3 Å². The van der Waals surface area contributed by atoms with Crippen molar-refractivity contribution < 1.29 is 5.11 Å². The molecule has 0 aliphatic rings. The maximum Gasteiger partial charge on any atom is 0.0555 e. The zero-order valence-corrected chi connectivity index (χ0v) is 13.8. The SMILES string of the molecule is CCNCCCCNC/C=C\CNCCCCNCCO. The topological polar surface area (TPSA) is 68.3 Å². The molecule has 0 aromatic rings. The third-order valence-corrected chi connectivity index (χ3v) is 3.14. The Morgan fingerprint density at radius 2 is 1.14 bits per heavy atom. The predicted octanol–water partition coefficient (Wildman–Crippen LogP) is 0.474. The lowest BCUT2D eigenvalue weighted by molar-refractivity contribution is 0.292. The van der Waals surface area contributed by atoms with Crippen LogP contribution >= 0.6 is 0 Å². The van der Waals surface area contributed by atoms with Gasteiger partial charge in [0.1, 0.15) is 0 Å². The fourth-order valence-electron chi connectivity index (χ4n) is 1.92. The summed E-state index contributed by atoms with van der Waals surface area (Å²) in [6.07, 6.45) is 9.21. The van der Waals surface area contributed by atoms with Gasteiger partial charge in [-0.25, -0.2) is 0 Å². The minimum atomic E-state index is 0.229. The van der Waals surface area contributed by atoms with Gasteiger partial charge in [-0.2, -0.15) is 0 Å². The molecule has 0 heterocycles. The van der Waals surface area contributed by atoms with Crippen LogP contribution in [-0.2, 0) is 0 Å². The fourth-order valence-corrected chi connectivity index (χ4v) is 1.92. The average Bonchev–Trinajstić information content (AvgIpc) is 2.50. The number of aliphatic hydroxyl groups excluding tert-OH is 1. The van der Waals surface area contributed by atoms with Gasteiger partial charge in [-0.3, -0.25) is 0 Å². The van der Waals surface area contributed by atoms with Gasteiger partial charge in [-0.05, 0) is 58.4 Å². The summed E-state index contributed by atoms with van der Waals surface area (Å²) in [6.45, 7) is 10.4. The number of nitrogens with one attached hydrogen (secondary N) is 4. The molecule has 0 aromatic carbocycles. The first kappa shape index (κ1) is 20.5. The van der Waals surface area contributed by atoms with Crippen LogP contribution in [0.1, 0.15) is 32.6 Å². The first-order valence-corrected chi connectivity index (χ1v) is 8.50. The molecule has 0 saturated carbocycles. The number of aliphatic hydroxyl groups is 1. The summed E-state index contributed by atoms with van der Waals surface area (Å²) >= 11 is 0. The molecule has 0 aromatic heterocycles. The molecule has 5 N–H and O–H groups in total. The third-order valence-electron chi connectivity index (χ3n) is 3.14. The highest BCUT2D eigenvalue weighted by Crippen LogP contribution is 1.85. The number of hydrogen-bond acceptors (Lipinski definition) is 5. The second-order valence-corrected chi connectivity index (χ2v) is 5.12. The van der Waals surface area contributed by atoms with Crippen molar-refractivity contribution in [2.24, 2.45) is 0 Å². The molecule has 0 spiro atoms. The van der Waals surface area contributed by atoms with Crippen molar-refractivity contribution in [2.45, 2.75) is 32.6 Å². The van der Waals surface area contributed by atoms with Crippen LogP contribution in [0.4, 0.5) is 0 Å². The van der Waals surface area contributed by atoms with Gasteiger partial charge < -0.3 is 26.4 Å². The summed E-state index contributed by atoms with van der Waals surface area (Å²) in [7, 11) is 0. The molecule has 0 unspecified atom stereocenters. The van der Waals surface area contributed by atoms with Gasteiger partial charge in [0.15, 0.2) is 0 Å². The van der Waals surface area contributed by atoms with Crippen LogP contribution in [0.25, 0.3) is 0 Å². The Kier molecular flexibility index (Phi) is 19.1. The summed E-state index contributed by atoms with van der Waals surface area (Å²) in [5.41, 5.74) is 0. The van der Waals surface area contributed by atoms with Gasteiger partial charge in [0.05, 0.1) is 6.61 Å². The van der Waals surface area contributed by atoms with Crippen molar-refractivity contribution in [3.05, 3.63) is 12.2 Å². The first-order valence-electron chi connectivity index (χ1n) is 8.50. The summed E-state index contributed by atoms with van der Waals surface area (Å²) in [5.74, 6) is 0. The molecule has 0 rings (SSSR count). The molecular formula is C16H36N4O. The number of unbranched alkanes of at least 4 members (excludes halogenated alkanes) is 2. The zero-order valence-electron chi connectivity index (χ0n) is 13.8. The molecule has 21 heavy (non-hydrogen) atoms. The Balaban J connectivity index is 3.02. The molecule has 5 nitrogen and oxygen atoms in total. The third kappa shape index (κ3) is 19.5. The van der Waals surface area contributed by atoms with E-state index in [0.717, 1.165) is 52.2 Å². The van der Waals surface area contributed by atoms with Crippen LogP contribution in [0.15, 0.2) is 12.2 Å². The molecule has 0 aliphatic heterocycles. The monoisotopic (exact) mass is 300 g/mol. The maximum absolute atomic E-state index is 8.60. The standard InChI is InChI=1S/C16H36N4O/c1-2-17-9-3-4-10-18-11-5-6-12-19-13-7-8-14-20-15-16-21/h5-6,17-21H,2-4,7-16H2,1H3/b6-5-. The lowest BCUT2D eigenvalue weighted by atomic mass is 10.3. The second kappa shape index (κ2) is 19.5. The van der Waals surface area contributed by atoms with Crippen LogP contribution < -0.4 is 21.3 Å². The van der Waals surface area contributed by atoms with Crippen LogP contribution in [0, 0.1) is 0 Å². The van der Waals surface area contributed by atoms with E-state index in [1.807, 2.05) is 0 Å². The van der Waals surface area contributed by atoms with Crippen molar-refractivity contribution in [1.82, 2.24) is 21.3 Å². The van der Waals surface area contributed by atoms with Gasteiger partial charge >= 0.3 is 0 Å². The Morgan fingerprint density at radius 3 is 1.62 bits per heavy atom. The zero-order chi connectivity index (χ0) is 15.4. The van der Waals surface area contributed by atoms with E-state index in [-0.39, 0.29) is 6.61 Å². The molecule has 0 fully saturated rings. The van der Waals surface area contributed by atoms with Crippen molar-refractivity contribution in [1.29, 1.82) is 0 Å².